The second-order valence-electron chi connectivity index (χ2n) is 6.62. The number of benzene rings is 1. The largest absolute Gasteiger partial charge is 0.497 e. The van der Waals surface area contributed by atoms with E-state index < -0.39 is 5.72 Å². The average molecular weight is 350 g/mol. The Morgan fingerprint density at radius 3 is 2.85 bits per heavy atom. The van der Waals surface area contributed by atoms with E-state index in [9.17, 15) is 0 Å². The quantitative estimate of drug-likeness (QED) is 0.568. The maximum atomic E-state index is 6.16. The van der Waals surface area contributed by atoms with Gasteiger partial charge in [-0.25, -0.2) is 9.50 Å². The highest BCUT2D eigenvalue weighted by atomic mass is 16.5. The molecule has 0 saturated heterocycles. The SMILES string of the molecule is COc1ccc2oc(-c3cnc4ccc(OC5(N)CCC5)nn34)cc2c1. The number of nitrogens with two attached hydrogens (primary N) is 1. The first-order chi connectivity index (χ1) is 12.6. The molecular formula is C19H18N4O3. The third-order valence-corrected chi connectivity index (χ3v) is 4.82. The van der Waals surface area contributed by atoms with Crippen molar-refractivity contribution in [1.29, 1.82) is 0 Å². The number of imidazole rings is 1. The predicted molar refractivity (Wildman–Crippen MR) is 96.1 cm³/mol. The van der Waals surface area contributed by atoms with Crippen LogP contribution in [-0.2, 0) is 0 Å². The molecule has 5 rings (SSSR count). The van der Waals surface area contributed by atoms with E-state index in [1.54, 1.807) is 23.9 Å². The van der Waals surface area contributed by atoms with Crippen LogP contribution in [0.5, 0.6) is 11.6 Å². The van der Waals surface area contributed by atoms with Gasteiger partial charge in [0.2, 0.25) is 5.88 Å². The fraction of sp³-hybridized carbons (Fsp3) is 0.263. The Morgan fingerprint density at radius 2 is 2.08 bits per heavy atom. The molecular weight excluding hydrogens is 332 g/mol. The van der Waals surface area contributed by atoms with Crippen molar-refractivity contribution in [3.05, 3.63) is 42.6 Å². The van der Waals surface area contributed by atoms with E-state index in [4.69, 9.17) is 19.6 Å². The van der Waals surface area contributed by atoms with E-state index >= 15 is 0 Å². The zero-order chi connectivity index (χ0) is 17.7. The summed E-state index contributed by atoms with van der Waals surface area (Å²) in [5, 5.41) is 5.51. The van der Waals surface area contributed by atoms with Crippen LogP contribution in [-0.4, -0.2) is 27.4 Å². The summed E-state index contributed by atoms with van der Waals surface area (Å²) in [5.41, 5.74) is 7.80. The van der Waals surface area contributed by atoms with E-state index in [2.05, 4.69) is 10.1 Å². The molecule has 1 saturated carbocycles. The predicted octanol–water partition coefficient (Wildman–Crippen LogP) is 3.37. The summed E-state index contributed by atoms with van der Waals surface area (Å²) < 4.78 is 18.8. The molecule has 3 heterocycles. The molecule has 3 aromatic heterocycles. The van der Waals surface area contributed by atoms with Crippen LogP contribution in [0.25, 0.3) is 28.1 Å². The third kappa shape index (κ3) is 2.40. The molecule has 132 valence electrons. The van der Waals surface area contributed by atoms with Crippen LogP contribution in [0.15, 0.2) is 47.0 Å². The normalized spacial score (nSPS) is 15.9. The number of rotatable bonds is 4. The lowest BCUT2D eigenvalue weighted by atomic mass is 9.89. The van der Waals surface area contributed by atoms with Crippen LogP contribution in [0.2, 0.25) is 0 Å². The van der Waals surface area contributed by atoms with E-state index in [0.717, 1.165) is 41.7 Å². The number of furan rings is 1. The highest BCUT2D eigenvalue weighted by Gasteiger charge is 2.35. The Hall–Kier alpha value is -3.06. The molecule has 0 amide bonds. The second kappa shape index (κ2) is 5.47. The first-order valence-electron chi connectivity index (χ1n) is 8.54. The van der Waals surface area contributed by atoms with E-state index in [1.807, 2.05) is 30.3 Å². The monoisotopic (exact) mass is 350 g/mol. The van der Waals surface area contributed by atoms with Gasteiger partial charge in [-0.2, -0.15) is 0 Å². The van der Waals surface area contributed by atoms with Gasteiger partial charge in [0.15, 0.2) is 17.1 Å². The lowest BCUT2D eigenvalue weighted by Gasteiger charge is -2.37. The maximum Gasteiger partial charge on any atom is 0.233 e. The summed E-state index contributed by atoms with van der Waals surface area (Å²) in [6.07, 6.45) is 4.50. The van der Waals surface area contributed by atoms with Gasteiger partial charge < -0.3 is 13.9 Å². The molecule has 2 N–H and O–H groups in total. The topological polar surface area (TPSA) is 87.8 Å². The molecule has 0 aliphatic heterocycles. The Labute approximate surface area is 149 Å². The molecule has 1 aromatic carbocycles. The van der Waals surface area contributed by atoms with Crippen LogP contribution in [0.4, 0.5) is 0 Å². The fourth-order valence-corrected chi connectivity index (χ4v) is 3.19. The zero-order valence-corrected chi connectivity index (χ0v) is 14.3. The summed E-state index contributed by atoms with van der Waals surface area (Å²) in [4.78, 5) is 4.40. The molecule has 1 aliphatic carbocycles. The van der Waals surface area contributed by atoms with Crippen molar-refractivity contribution < 1.29 is 13.9 Å². The van der Waals surface area contributed by atoms with Crippen LogP contribution in [0, 0.1) is 0 Å². The molecule has 7 heteroatoms. The van der Waals surface area contributed by atoms with Crippen LogP contribution in [0.1, 0.15) is 19.3 Å². The van der Waals surface area contributed by atoms with E-state index in [1.165, 1.54) is 0 Å². The number of fused-ring (bicyclic) bond motifs is 2. The Bertz CT molecular complexity index is 1110. The van der Waals surface area contributed by atoms with Gasteiger partial charge in [-0.1, -0.05) is 0 Å². The van der Waals surface area contributed by atoms with Crippen molar-refractivity contribution in [3.8, 4) is 23.1 Å². The van der Waals surface area contributed by atoms with E-state index in [0.29, 0.717) is 17.3 Å². The zero-order valence-electron chi connectivity index (χ0n) is 14.3. The highest BCUT2D eigenvalue weighted by Crippen LogP contribution is 2.33. The van der Waals surface area contributed by atoms with Gasteiger partial charge in [0.05, 0.1) is 13.3 Å². The van der Waals surface area contributed by atoms with Gasteiger partial charge in [0.25, 0.3) is 0 Å². The summed E-state index contributed by atoms with van der Waals surface area (Å²) in [6.45, 7) is 0. The minimum Gasteiger partial charge on any atom is -0.497 e. The minimum absolute atomic E-state index is 0.483. The van der Waals surface area contributed by atoms with Crippen molar-refractivity contribution in [2.45, 2.75) is 25.0 Å². The lowest BCUT2D eigenvalue weighted by Crippen LogP contribution is -2.51. The van der Waals surface area contributed by atoms with Crippen molar-refractivity contribution in [2.24, 2.45) is 5.73 Å². The molecule has 0 radical (unpaired) electrons. The summed E-state index contributed by atoms with van der Waals surface area (Å²) in [5.74, 6) is 1.94. The molecule has 7 nitrogen and oxygen atoms in total. The van der Waals surface area contributed by atoms with Crippen molar-refractivity contribution in [2.75, 3.05) is 7.11 Å². The molecule has 0 atom stereocenters. The van der Waals surface area contributed by atoms with Gasteiger partial charge >= 0.3 is 0 Å². The van der Waals surface area contributed by atoms with E-state index in [-0.39, 0.29) is 0 Å². The second-order valence-corrected chi connectivity index (χ2v) is 6.62. The maximum absolute atomic E-state index is 6.16. The van der Waals surface area contributed by atoms with Crippen molar-refractivity contribution >= 4 is 16.6 Å². The number of hydrogen-bond donors (Lipinski definition) is 1. The van der Waals surface area contributed by atoms with Crippen LogP contribution < -0.4 is 15.2 Å². The first-order valence-corrected chi connectivity index (χ1v) is 8.54. The molecule has 4 aromatic rings. The van der Waals surface area contributed by atoms with Gasteiger partial charge in [-0.3, -0.25) is 5.73 Å². The molecule has 26 heavy (non-hydrogen) atoms. The molecule has 1 fully saturated rings. The number of ether oxygens (including phenoxy) is 2. The third-order valence-electron chi connectivity index (χ3n) is 4.82. The lowest BCUT2D eigenvalue weighted by molar-refractivity contribution is -0.00576. The standard InChI is InChI=1S/C19H18N4O3/c1-24-13-3-4-15-12(9-13)10-16(25-15)14-11-21-17-5-6-18(22-23(14)17)26-19(20)7-2-8-19/h3-6,9-11H,2,7-8,20H2,1H3. The molecule has 0 spiro atoms. The smallest absolute Gasteiger partial charge is 0.233 e. The summed E-state index contributed by atoms with van der Waals surface area (Å²) in [7, 11) is 1.64. The van der Waals surface area contributed by atoms with Gasteiger partial charge in [0, 0.05) is 24.3 Å². The Morgan fingerprint density at radius 1 is 1.19 bits per heavy atom. The van der Waals surface area contributed by atoms with Crippen molar-refractivity contribution in [1.82, 2.24) is 14.6 Å². The Balaban J connectivity index is 1.57. The number of methoxy groups -OCH3 is 1. The highest BCUT2D eigenvalue weighted by molar-refractivity contribution is 5.83. The number of nitrogens with zero attached hydrogens (tertiary/aromatic N) is 3. The summed E-state index contributed by atoms with van der Waals surface area (Å²) >= 11 is 0. The fourth-order valence-electron chi connectivity index (χ4n) is 3.19. The number of aromatic nitrogens is 3. The van der Waals surface area contributed by atoms with Crippen LogP contribution in [0.3, 0.4) is 0 Å². The minimum atomic E-state index is -0.600. The first kappa shape index (κ1) is 15.2. The molecule has 0 bridgehead atoms. The average Bonchev–Trinajstić information content (AvgIpc) is 3.22. The number of hydrogen-bond acceptors (Lipinski definition) is 6. The van der Waals surface area contributed by atoms with Gasteiger partial charge in [-0.15, -0.1) is 5.10 Å². The van der Waals surface area contributed by atoms with Crippen molar-refractivity contribution in [3.63, 3.8) is 0 Å². The molecule has 1 aliphatic rings. The van der Waals surface area contributed by atoms with Crippen LogP contribution >= 0.6 is 0 Å². The van der Waals surface area contributed by atoms with Gasteiger partial charge in [0.1, 0.15) is 17.0 Å². The Kier molecular flexibility index (Phi) is 3.20. The molecule has 0 unspecified atom stereocenters. The summed E-state index contributed by atoms with van der Waals surface area (Å²) in [6, 6.07) is 11.3. The van der Waals surface area contributed by atoms with Gasteiger partial charge in [-0.05, 0) is 36.8 Å².